The summed E-state index contributed by atoms with van der Waals surface area (Å²) in [6, 6.07) is 14.2. The molecule has 0 saturated heterocycles. The fourth-order valence-corrected chi connectivity index (χ4v) is 3.30. The molecular formula is C25H30N2O2. The average molecular weight is 391 g/mol. The zero-order chi connectivity index (χ0) is 21.0. The fourth-order valence-electron chi connectivity index (χ4n) is 3.30. The second-order valence-corrected chi connectivity index (χ2v) is 8.51. The van der Waals surface area contributed by atoms with Crippen molar-refractivity contribution in [1.82, 2.24) is 9.88 Å². The van der Waals surface area contributed by atoms with Crippen molar-refractivity contribution in [2.45, 2.75) is 53.0 Å². The molecule has 0 aliphatic rings. The quantitative estimate of drug-likeness (QED) is 0.556. The Morgan fingerprint density at radius 2 is 1.79 bits per heavy atom. The van der Waals surface area contributed by atoms with Crippen LogP contribution in [0.15, 0.2) is 59.3 Å². The van der Waals surface area contributed by atoms with Gasteiger partial charge in [0.05, 0.1) is 0 Å². The van der Waals surface area contributed by atoms with Crippen LogP contribution in [0.5, 0.6) is 0 Å². The molecule has 0 aliphatic carbocycles. The number of carbonyl (C=O) groups is 1. The summed E-state index contributed by atoms with van der Waals surface area (Å²) in [4.78, 5) is 18.7. The van der Waals surface area contributed by atoms with Gasteiger partial charge in [0, 0.05) is 31.9 Å². The lowest BCUT2D eigenvalue weighted by Crippen LogP contribution is -2.30. The zero-order valence-electron chi connectivity index (χ0n) is 18.0. The first-order valence-corrected chi connectivity index (χ1v) is 10.1. The lowest BCUT2D eigenvalue weighted by Gasteiger charge is -2.20. The Morgan fingerprint density at radius 3 is 2.45 bits per heavy atom. The van der Waals surface area contributed by atoms with Crippen LogP contribution in [-0.2, 0) is 18.4 Å². The Labute approximate surface area is 173 Å². The van der Waals surface area contributed by atoms with Crippen LogP contribution in [0.2, 0.25) is 0 Å². The molecule has 0 spiro atoms. The van der Waals surface area contributed by atoms with E-state index in [4.69, 9.17) is 4.42 Å². The number of aromatic nitrogens is 1. The highest BCUT2D eigenvalue weighted by Crippen LogP contribution is 2.26. The summed E-state index contributed by atoms with van der Waals surface area (Å²) in [6.45, 7) is 11.9. The van der Waals surface area contributed by atoms with E-state index in [-0.39, 0.29) is 11.3 Å². The highest BCUT2D eigenvalue weighted by Gasteiger charge is 2.19. The summed E-state index contributed by atoms with van der Waals surface area (Å²) in [5.41, 5.74) is 4.92. The van der Waals surface area contributed by atoms with E-state index in [1.54, 1.807) is 23.4 Å². The molecule has 0 fully saturated rings. The van der Waals surface area contributed by atoms with E-state index in [0.717, 1.165) is 11.3 Å². The van der Waals surface area contributed by atoms with Gasteiger partial charge in [0.25, 0.3) is 5.91 Å². The largest absolute Gasteiger partial charge is 0.456 e. The summed E-state index contributed by atoms with van der Waals surface area (Å²) in [5, 5.41) is 0. The molecule has 3 rings (SSSR count). The van der Waals surface area contributed by atoms with E-state index in [2.05, 4.69) is 50.9 Å². The third kappa shape index (κ3) is 5.14. The van der Waals surface area contributed by atoms with Crippen molar-refractivity contribution in [3.05, 3.63) is 88.6 Å². The molecule has 1 aromatic carbocycles. The van der Waals surface area contributed by atoms with Crippen LogP contribution in [0, 0.1) is 6.92 Å². The van der Waals surface area contributed by atoms with Gasteiger partial charge >= 0.3 is 0 Å². The summed E-state index contributed by atoms with van der Waals surface area (Å²) < 4.78 is 5.95. The van der Waals surface area contributed by atoms with Crippen LogP contribution in [0.1, 0.15) is 66.3 Å². The topological polar surface area (TPSA) is 46.3 Å². The van der Waals surface area contributed by atoms with Gasteiger partial charge in [-0.2, -0.15) is 0 Å². The maximum atomic E-state index is 12.9. The Balaban J connectivity index is 1.76. The second-order valence-electron chi connectivity index (χ2n) is 8.51. The van der Waals surface area contributed by atoms with Crippen molar-refractivity contribution in [2.75, 3.05) is 6.54 Å². The van der Waals surface area contributed by atoms with Crippen molar-refractivity contribution in [3.63, 3.8) is 0 Å². The van der Waals surface area contributed by atoms with Crippen molar-refractivity contribution < 1.29 is 9.21 Å². The third-order valence-electron chi connectivity index (χ3n) is 5.24. The van der Waals surface area contributed by atoms with Gasteiger partial charge in [0.2, 0.25) is 0 Å². The monoisotopic (exact) mass is 390 g/mol. The summed E-state index contributed by atoms with van der Waals surface area (Å²) in [7, 11) is 0. The van der Waals surface area contributed by atoms with Crippen molar-refractivity contribution in [1.29, 1.82) is 0 Å². The Hall–Kier alpha value is -2.88. The normalized spacial score (nSPS) is 11.5. The molecule has 4 nitrogen and oxygen atoms in total. The summed E-state index contributed by atoms with van der Waals surface area (Å²) >= 11 is 0. The van der Waals surface area contributed by atoms with Crippen LogP contribution in [0.3, 0.4) is 0 Å². The molecule has 0 unspecified atom stereocenters. The minimum absolute atomic E-state index is 0.0873. The third-order valence-corrected chi connectivity index (χ3v) is 5.24. The number of pyridine rings is 1. The Morgan fingerprint density at radius 1 is 1.07 bits per heavy atom. The number of furan rings is 1. The van der Waals surface area contributed by atoms with E-state index in [1.165, 1.54) is 16.7 Å². The van der Waals surface area contributed by atoms with Gasteiger partial charge in [-0.25, -0.2) is 0 Å². The number of hydrogen-bond donors (Lipinski definition) is 0. The molecule has 2 heterocycles. The number of rotatable bonds is 6. The molecule has 0 bridgehead atoms. The number of benzene rings is 1. The number of amides is 1. The van der Waals surface area contributed by atoms with E-state index < -0.39 is 0 Å². The van der Waals surface area contributed by atoms with E-state index >= 15 is 0 Å². The molecule has 0 radical (unpaired) electrons. The first kappa shape index (κ1) is 20.8. The highest BCUT2D eigenvalue weighted by molar-refractivity contribution is 5.91. The predicted octanol–water partition coefficient (Wildman–Crippen LogP) is 5.53. The lowest BCUT2D eigenvalue weighted by atomic mass is 9.85. The molecule has 1 amide bonds. The van der Waals surface area contributed by atoms with E-state index in [1.807, 2.05) is 25.1 Å². The van der Waals surface area contributed by atoms with Crippen molar-refractivity contribution in [2.24, 2.45) is 0 Å². The average Bonchev–Trinajstić information content (AvgIpc) is 3.16. The predicted molar refractivity (Wildman–Crippen MR) is 116 cm³/mol. The minimum atomic E-state index is -0.0873. The first-order chi connectivity index (χ1) is 13.8. The molecule has 0 aliphatic heterocycles. The van der Waals surface area contributed by atoms with Crippen LogP contribution in [0.4, 0.5) is 0 Å². The SMILES string of the molecule is CCN(Cc1ccncc1)C(=O)c1ccc(Cc2cc(C(C)(C)C)ccc2C)o1. The van der Waals surface area contributed by atoms with E-state index in [0.29, 0.717) is 25.3 Å². The maximum absolute atomic E-state index is 12.9. The molecule has 4 heteroatoms. The standard InChI is InChI=1S/C25H30N2O2/c1-6-27(17-19-11-13-26-14-12-19)24(28)23-10-9-22(29-23)16-20-15-21(25(3,4)5)8-7-18(20)2/h7-15H,6,16-17H2,1-5H3. The molecule has 0 saturated carbocycles. The zero-order valence-corrected chi connectivity index (χ0v) is 18.0. The summed E-state index contributed by atoms with van der Waals surface area (Å²) in [6.07, 6.45) is 4.17. The Kier molecular flexibility index (Phi) is 6.21. The maximum Gasteiger partial charge on any atom is 0.289 e. The molecule has 29 heavy (non-hydrogen) atoms. The van der Waals surface area contributed by atoms with Gasteiger partial charge in [0.15, 0.2) is 5.76 Å². The van der Waals surface area contributed by atoms with Crippen LogP contribution in [0.25, 0.3) is 0 Å². The number of nitrogens with zero attached hydrogens (tertiary/aromatic N) is 2. The lowest BCUT2D eigenvalue weighted by molar-refractivity contribution is 0.0718. The van der Waals surface area contributed by atoms with Crippen molar-refractivity contribution >= 4 is 5.91 Å². The molecule has 0 N–H and O–H groups in total. The highest BCUT2D eigenvalue weighted by atomic mass is 16.4. The minimum Gasteiger partial charge on any atom is -0.456 e. The van der Waals surface area contributed by atoms with Gasteiger partial charge < -0.3 is 9.32 Å². The van der Waals surface area contributed by atoms with Gasteiger partial charge in [-0.05, 0) is 65.8 Å². The molecule has 2 aromatic heterocycles. The molecule has 3 aromatic rings. The molecular weight excluding hydrogens is 360 g/mol. The van der Waals surface area contributed by atoms with Gasteiger partial charge in [-0.1, -0.05) is 39.0 Å². The first-order valence-electron chi connectivity index (χ1n) is 10.1. The fraction of sp³-hybridized carbons (Fsp3) is 0.360. The summed E-state index contributed by atoms with van der Waals surface area (Å²) in [5.74, 6) is 1.11. The number of hydrogen-bond acceptors (Lipinski definition) is 3. The number of carbonyl (C=O) groups excluding carboxylic acids is 1. The van der Waals surface area contributed by atoms with Crippen LogP contribution in [-0.4, -0.2) is 22.3 Å². The van der Waals surface area contributed by atoms with E-state index in [9.17, 15) is 4.79 Å². The van der Waals surface area contributed by atoms with Gasteiger partial charge in [0.1, 0.15) is 5.76 Å². The van der Waals surface area contributed by atoms with Crippen LogP contribution < -0.4 is 0 Å². The van der Waals surface area contributed by atoms with Crippen LogP contribution >= 0.6 is 0 Å². The smallest absolute Gasteiger partial charge is 0.289 e. The molecule has 0 atom stereocenters. The van der Waals surface area contributed by atoms with Crippen molar-refractivity contribution in [3.8, 4) is 0 Å². The second kappa shape index (κ2) is 8.64. The number of aryl methyl sites for hydroxylation is 1. The molecule has 152 valence electrons. The van der Waals surface area contributed by atoms with Gasteiger partial charge in [-0.15, -0.1) is 0 Å². The Bertz CT molecular complexity index is 968. The van der Waals surface area contributed by atoms with Gasteiger partial charge in [-0.3, -0.25) is 9.78 Å².